The minimum Gasteiger partial charge on any atom is -0.286 e. The molecule has 3 aromatic rings. The predicted octanol–water partition coefficient (Wildman–Crippen LogP) is 6.60. The highest BCUT2D eigenvalue weighted by atomic mass is 17.0. The monoisotopic (exact) mass is 310 g/mol. The number of rotatable bonds is 4. The van der Waals surface area contributed by atoms with Crippen molar-refractivity contribution < 1.29 is 9.15 Å². The van der Waals surface area contributed by atoms with Crippen molar-refractivity contribution in [3.63, 3.8) is 0 Å². The lowest BCUT2D eigenvalue weighted by Crippen LogP contribution is -2.24. The van der Waals surface area contributed by atoms with Crippen molar-refractivity contribution in [2.75, 3.05) is 0 Å². The third-order valence-corrected chi connectivity index (χ3v) is 4.85. The first-order valence-corrected chi connectivity index (χ1v) is 8.45. The standard InChI is InChI=1S/C21H26O2/c1-13(2)16-12-17-20(23-22-17)18(14(3)4)19(16)21(5,6)15-10-8-7-9-11-15/h7-14H,1-6H3. The molecule has 0 saturated heterocycles. The van der Waals surface area contributed by atoms with Crippen LogP contribution in [0.4, 0.5) is 0 Å². The van der Waals surface area contributed by atoms with E-state index in [9.17, 15) is 0 Å². The normalized spacial score (nSPS) is 12.7. The Labute approximate surface area is 138 Å². The van der Waals surface area contributed by atoms with E-state index in [2.05, 4.69) is 77.9 Å². The van der Waals surface area contributed by atoms with E-state index in [1.807, 2.05) is 0 Å². The van der Waals surface area contributed by atoms with Crippen LogP contribution in [0.25, 0.3) is 11.2 Å². The topological polar surface area (TPSA) is 26.3 Å². The molecule has 0 unspecified atom stereocenters. The summed E-state index contributed by atoms with van der Waals surface area (Å²) in [6, 6.07) is 12.9. The quantitative estimate of drug-likeness (QED) is 0.507. The van der Waals surface area contributed by atoms with Crippen LogP contribution < -0.4 is 0 Å². The molecule has 0 N–H and O–H groups in total. The molecule has 0 aliphatic heterocycles. The van der Waals surface area contributed by atoms with Gasteiger partial charge in [0, 0.05) is 11.0 Å². The van der Waals surface area contributed by atoms with Crippen molar-refractivity contribution in [3.05, 3.63) is 58.7 Å². The van der Waals surface area contributed by atoms with Gasteiger partial charge >= 0.3 is 0 Å². The Balaban J connectivity index is 2.35. The molecule has 2 aromatic carbocycles. The maximum absolute atomic E-state index is 5.38. The van der Waals surface area contributed by atoms with Crippen LogP contribution in [0.3, 0.4) is 0 Å². The van der Waals surface area contributed by atoms with E-state index >= 15 is 0 Å². The minimum absolute atomic E-state index is 0.0888. The molecule has 1 heterocycles. The summed E-state index contributed by atoms with van der Waals surface area (Å²) in [5.41, 5.74) is 7.05. The van der Waals surface area contributed by atoms with E-state index in [1.165, 1.54) is 22.3 Å². The molecule has 0 spiro atoms. The smallest absolute Gasteiger partial charge is 0.229 e. The molecule has 0 aliphatic carbocycles. The zero-order valence-corrected chi connectivity index (χ0v) is 14.9. The van der Waals surface area contributed by atoms with Crippen molar-refractivity contribution in [1.82, 2.24) is 0 Å². The highest BCUT2D eigenvalue weighted by Gasteiger charge is 2.33. The van der Waals surface area contributed by atoms with Crippen LogP contribution in [-0.2, 0) is 5.41 Å². The van der Waals surface area contributed by atoms with Crippen molar-refractivity contribution in [2.24, 2.45) is 0 Å². The van der Waals surface area contributed by atoms with E-state index in [4.69, 9.17) is 9.15 Å². The van der Waals surface area contributed by atoms with Gasteiger partial charge in [0.25, 0.3) is 0 Å². The molecule has 0 atom stereocenters. The summed E-state index contributed by atoms with van der Waals surface area (Å²) < 4.78 is 10.6. The highest BCUT2D eigenvalue weighted by Crippen LogP contribution is 2.45. The number of hydrogen-bond donors (Lipinski definition) is 0. The Morgan fingerprint density at radius 3 is 2.00 bits per heavy atom. The molecule has 23 heavy (non-hydrogen) atoms. The molecule has 0 amide bonds. The van der Waals surface area contributed by atoms with Gasteiger partial charge in [-0.1, -0.05) is 71.9 Å². The molecule has 1 aromatic heterocycles. The van der Waals surface area contributed by atoms with Gasteiger partial charge in [-0.25, -0.2) is 0 Å². The predicted molar refractivity (Wildman–Crippen MR) is 95.2 cm³/mol. The summed E-state index contributed by atoms with van der Waals surface area (Å²) >= 11 is 0. The summed E-state index contributed by atoms with van der Waals surface area (Å²) in [7, 11) is 0. The van der Waals surface area contributed by atoms with Gasteiger partial charge in [0.05, 0.1) is 0 Å². The van der Waals surface area contributed by atoms with Gasteiger partial charge in [-0.3, -0.25) is 9.15 Å². The lowest BCUT2D eigenvalue weighted by atomic mass is 9.70. The van der Waals surface area contributed by atoms with Gasteiger partial charge in [-0.15, -0.1) is 0 Å². The zero-order valence-electron chi connectivity index (χ0n) is 14.9. The molecular formula is C21H26O2. The zero-order chi connectivity index (χ0) is 16.8. The van der Waals surface area contributed by atoms with Crippen LogP contribution >= 0.6 is 0 Å². The van der Waals surface area contributed by atoms with Crippen molar-refractivity contribution >= 4 is 11.2 Å². The van der Waals surface area contributed by atoms with Gasteiger partial charge in [-0.05, 0) is 34.6 Å². The maximum atomic E-state index is 5.38. The van der Waals surface area contributed by atoms with E-state index in [-0.39, 0.29) is 5.41 Å². The van der Waals surface area contributed by atoms with Crippen molar-refractivity contribution in [2.45, 2.75) is 58.8 Å². The van der Waals surface area contributed by atoms with Gasteiger partial charge in [0.15, 0.2) is 0 Å². The lowest BCUT2D eigenvalue weighted by Gasteiger charge is -2.33. The highest BCUT2D eigenvalue weighted by molar-refractivity contribution is 5.80. The fourth-order valence-electron chi connectivity index (χ4n) is 3.58. The largest absolute Gasteiger partial charge is 0.286 e. The Morgan fingerprint density at radius 2 is 1.52 bits per heavy atom. The van der Waals surface area contributed by atoms with Gasteiger partial charge < -0.3 is 0 Å². The first-order chi connectivity index (χ1) is 10.8. The average molecular weight is 310 g/mol. The summed E-state index contributed by atoms with van der Waals surface area (Å²) in [6.07, 6.45) is 0. The van der Waals surface area contributed by atoms with Crippen molar-refractivity contribution in [1.29, 1.82) is 0 Å². The Hall–Kier alpha value is -1.96. The third kappa shape index (κ3) is 2.50. The van der Waals surface area contributed by atoms with Crippen LogP contribution in [0.15, 0.2) is 45.6 Å². The fraction of sp³-hybridized carbons (Fsp3) is 0.429. The second-order valence-corrected chi connectivity index (χ2v) is 7.55. The third-order valence-electron chi connectivity index (χ3n) is 4.85. The molecule has 122 valence electrons. The fourth-order valence-corrected chi connectivity index (χ4v) is 3.58. The second kappa shape index (κ2) is 5.59. The first kappa shape index (κ1) is 15.9. The molecule has 2 nitrogen and oxygen atoms in total. The molecule has 3 rings (SSSR count). The number of hydrogen-bond acceptors (Lipinski definition) is 2. The second-order valence-electron chi connectivity index (χ2n) is 7.55. The van der Waals surface area contributed by atoms with Gasteiger partial charge in [-0.2, -0.15) is 0 Å². The number of fused-ring (bicyclic) bond motifs is 1. The van der Waals surface area contributed by atoms with Crippen LogP contribution in [0.2, 0.25) is 0 Å². The van der Waals surface area contributed by atoms with Crippen LogP contribution in [0, 0.1) is 0 Å². The SMILES string of the molecule is CC(C)c1cc2ooc2c(C(C)C)c1C(C)(C)c1ccccc1. The Kier molecular flexibility index (Phi) is 3.87. The average Bonchev–Trinajstić information content (AvgIpc) is 2.48. The van der Waals surface area contributed by atoms with Crippen LogP contribution in [0.1, 0.15) is 75.6 Å². The Bertz CT molecular complexity index is 801. The summed E-state index contributed by atoms with van der Waals surface area (Å²) in [5.74, 6) is 0.810. The summed E-state index contributed by atoms with van der Waals surface area (Å²) in [6.45, 7) is 13.6. The molecule has 0 saturated carbocycles. The molecule has 0 fully saturated rings. The molecule has 0 radical (unpaired) electrons. The number of benzene rings is 2. The lowest BCUT2D eigenvalue weighted by molar-refractivity contribution is 0.0575. The van der Waals surface area contributed by atoms with E-state index in [0.717, 1.165) is 11.2 Å². The molecular weight excluding hydrogens is 284 g/mol. The van der Waals surface area contributed by atoms with E-state index in [0.29, 0.717) is 11.8 Å². The Morgan fingerprint density at radius 1 is 0.870 bits per heavy atom. The van der Waals surface area contributed by atoms with Crippen LogP contribution in [-0.4, -0.2) is 0 Å². The summed E-state index contributed by atoms with van der Waals surface area (Å²) in [5, 5.41) is 0. The van der Waals surface area contributed by atoms with Crippen LogP contribution in [0.5, 0.6) is 0 Å². The van der Waals surface area contributed by atoms with E-state index in [1.54, 1.807) is 0 Å². The van der Waals surface area contributed by atoms with Gasteiger partial charge in [0.2, 0.25) is 11.2 Å². The molecule has 2 heteroatoms. The maximum Gasteiger partial charge on any atom is 0.229 e. The molecule has 0 bridgehead atoms. The molecule has 0 aliphatic rings. The minimum atomic E-state index is -0.0888. The van der Waals surface area contributed by atoms with Crippen molar-refractivity contribution in [3.8, 4) is 0 Å². The van der Waals surface area contributed by atoms with E-state index < -0.39 is 0 Å². The summed E-state index contributed by atoms with van der Waals surface area (Å²) in [4.78, 5) is 0. The van der Waals surface area contributed by atoms with Gasteiger partial charge in [0.1, 0.15) is 0 Å². The first-order valence-electron chi connectivity index (χ1n) is 8.45.